The Morgan fingerprint density at radius 3 is 2.55 bits per heavy atom. The second kappa shape index (κ2) is 8.82. The van der Waals surface area contributed by atoms with Crippen LogP contribution < -0.4 is 10.6 Å². The SMILES string of the molecule is CCOC(=O)N1CCN(c2cc(CN3CCCCC3)c3ccc(N)nc3n2)CC1. The van der Waals surface area contributed by atoms with Crippen molar-refractivity contribution in [3.63, 3.8) is 0 Å². The van der Waals surface area contributed by atoms with Crippen molar-refractivity contribution in [1.29, 1.82) is 0 Å². The summed E-state index contributed by atoms with van der Waals surface area (Å²) in [4.78, 5) is 27.7. The van der Waals surface area contributed by atoms with Crippen LogP contribution in [0.15, 0.2) is 18.2 Å². The van der Waals surface area contributed by atoms with Crippen LogP contribution in [0.5, 0.6) is 0 Å². The number of amides is 1. The standard InChI is InChI=1S/C21H30N6O2/c1-2-29-21(28)27-12-10-26(11-13-27)19-14-16(15-25-8-4-3-5-9-25)17-6-7-18(22)23-20(17)24-19/h6-7,14H,2-5,8-13,15H2,1H3,(H2,22,23,24). The first-order valence-electron chi connectivity index (χ1n) is 10.6. The van der Waals surface area contributed by atoms with Gasteiger partial charge < -0.3 is 20.3 Å². The fraction of sp³-hybridized carbons (Fsp3) is 0.571. The molecule has 0 aliphatic carbocycles. The number of nitrogens with zero attached hydrogens (tertiary/aromatic N) is 5. The van der Waals surface area contributed by atoms with Crippen molar-refractivity contribution in [2.24, 2.45) is 0 Å². The molecule has 0 bridgehead atoms. The number of hydrogen-bond donors (Lipinski definition) is 1. The first-order chi connectivity index (χ1) is 14.1. The molecule has 2 fully saturated rings. The summed E-state index contributed by atoms with van der Waals surface area (Å²) in [5.74, 6) is 1.39. The molecular formula is C21H30N6O2. The summed E-state index contributed by atoms with van der Waals surface area (Å²) in [6.07, 6.45) is 3.61. The molecule has 1 amide bonds. The molecule has 0 unspecified atom stereocenters. The zero-order valence-electron chi connectivity index (χ0n) is 17.1. The van der Waals surface area contributed by atoms with E-state index in [1.807, 2.05) is 19.1 Å². The number of likely N-dealkylation sites (tertiary alicyclic amines) is 1. The minimum atomic E-state index is -0.237. The van der Waals surface area contributed by atoms with Crippen molar-refractivity contribution >= 4 is 28.8 Å². The second-order valence-corrected chi connectivity index (χ2v) is 7.76. The average molecular weight is 399 g/mol. The topological polar surface area (TPSA) is 87.8 Å². The molecule has 2 saturated heterocycles. The lowest BCUT2D eigenvalue weighted by Crippen LogP contribution is -2.49. The van der Waals surface area contributed by atoms with Gasteiger partial charge in [0, 0.05) is 38.1 Å². The summed E-state index contributed by atoms with van der Waals surface area (Å²) >= 11 is 0. The number of nitrogens with two attached hydrogens (primary N) is 1. The van der Waals surface area contributed by atoms with E-state index in [0.29, 0.717) is 31.2 Å². The van der Waals surface area contributed by atoms with Crippen LogP contribution in [0.25, 0.3) is 11.0 Å². The lowest BCUT2D eigenvalue weighted by molar-refractivity contribution is 0.105. The summed E-state index contributed by atoms with van der Waals surface area (Å²) in [5.41, 5.74) is 7.87. The molecule has 29 heavy (non-hydrogen) atoms. The molecule has 156 valence electrons. The molecule has 8 nitrogen and oxygen atoms in total. The Morgan fingerprint density at radius 1 is 1.07 bits per heavy atom. The maximum atomic E-state index is 12.0. The van der Waals surface area contributed by atoms with Gasteiger partial charge in [-0.05, 0) is 56.6 Å². The van der Waals surface area contributed by atoms with E-state index in [-0.39, 0.29) is 6.09 Å². The average Bonchev–Trinajstić information content (AvgIpc) is 2.74. The van der Waals surface area contributed by atoms with Crippen LogP contribution in [0.4, 0.5) is 16.4 Å². The van der Waals surface area contributed by atoms with Gasteiger partial charge in [-0.3, -0.25) is 4.90 Å². The van der Waals surface area contributed by atoms with Crippen LogP contribution in [0.2, 0.25) is 0 Å². The van der Waals surface area contributed by atoms with E-state index in [2.05, 4.69) is 20.9 Å². The third-order valence-corrected chi connectivity index (χ3v) is 5.74. The van der Waals surface area contributed by atoms with E-state index in [4.69, 9.17) is 15.5 Å². The van der Waals surface area contributed by atoms with Gasteiger partial charge in [0.05, 0.1) is 6.61 Å². The van der Waals surface area contributed by atoms with Gasteiger partial charge in [-0.25, -0.2) is 14.8 Å². The van der Waals surface area contributed by atoms with E-state index in [9.17, 15) is 4.79 Å². The Balaban J connectivity index is 1.57. The molecule has 8 heteroatoms. The van der Waals surface area contributed by atoms with Crippen molar-refractivity contribution in [3.8, 4) is 0 Å². The third kappa shape index (κ3) is 4.53. The summed E-state index contributed by atoms with van der Waals surface area (Å²) < 4.78 is 5.12. The van der Waals surface area contributed by atoms with E-state index >= 15 is 0 Å². The number of hydrogen-bond acceptors (Lipinski definition) is 7. The predicted molar refractivity (Wildman–Crippen MR) is 114 cm³/mol. The van der Waals surface area contributed by atoms with Gasteiger partial charge in [0.25, 0.3) is 0 Å². The summed E-state index contributed by atoms with van der Waals surface area (Å²) in [6.45, 7) is 8.12. The summed E-state index contributed by atoms with van der Waals surface area (Å²) in [6, 6.07) is 6.07. The maximum absolute atomic E-state index is 12.0. The molecule has 0 atom stereocenters. The molecule has 0 saturated carbocycles. The maximum Gasteiger partial charge on any atom is 0.409 e. The van der Waals surface area contributed by atoms with Crippen molar-refractivity contribution in [2.45, 2.75) is 32.7 Å². The molecule has 2 aliphatic rings. The minimum absolute atomic E-state index is 0.237. The molecule has 4 rings (SSSR count). The highest BCUT2D eigenvalue weighted by molar-refractivity contribution is 5.82. The number of carbonyl (C=O) groups excluding carboxylic acids is 1. The van der Waals surface area contributed by atoms with Gasteiger partial charge in [0.15, 0.2) is 5.65 Å². The van der Waals surface area contributed by atoms with Gasteiger partial charge in [-0.2, -0.15) is 0 Å². The van der Waals surface area contributed by atoms with Crippen LogP contribution in [0.3, 0.4) is 0 Å². The highest BCUT2D eigenvalue weighted by Crippen LogP contribution is 2.26. The van der Waals surface area contributed by atoms with Gasteiger partial charge in [0.2, 0.25) is 0 Å². The monoisotopic (exact) mass is 398 g/mol. The molecule has 2 aliphatic heterocycles. The van der Waals surface area contributed by atoms with Crippen LogP contribution in [-0.2, 0) is 11.3 Å². The zero-order valence-corrected chi connectivity index (χ0v) is 17.1. The number of carbonyl (C=O) groups is 1. The Hall–Kier alpha value is -2.61. The third-order valence-electron chi connectivity index (χ3n) is 5.74. The number of fused-ring (bicyclic) bond motifs is 1. The van der Waals surface area contributed by atoms with Gasteiger partial charge in [-0.1, -0.05) is 6.42 Å². The van der Waals surface area contributed by atoms with Crippen molar-refractivity contribution < 1.29 is 9.53 Å². The van der Waals surface area contributed by atoms with Gasteiger partial charge in [-0.15, -0.1) is 0 Å². The van der Waals surface area contributed by atoms with Crippen LogP contribution in [0, 0.1) is 0 Å². The Kier molecular flexibility index (Phi) is 5.99. The molecule has 2 aromatic rings. The molecule has 0 spiro atoms. The zero-order chi connectivity index (χ0) is 20.2. The molecule has 0 radical (unpaired) electrons. The molecule has 2 aromatic heterocycles. The summed E-state index contributed by atoms with van der Waals surface area (Å²) in [5, 5.41) is 1.07. The lowest BCUT2D eigenvalue weighted by atomic mass is 10.1. The minimum Gasteiger partial charge on any atom is -0.450 e. The number of aromatic nitrogens is 2. The predicted octanol–water partition coefficient (Wildman–Crippen LogP) is 2.48. The highest BCUT2D eigenvalue weighted by Gasteiger charge is 2.24. The van der Waals surface area contributed by atoms with Crippen molar-refractivity contribution in [3.05, 3.63) is 23.8 Å². The normalized spacial score (nSPS) is 18.2. The quantitative estimate of drug-likeness (QED) is 0.846. The van der Waals surface area contributed by atoms with Crippen molar-refractivity contribution in [1.82, 2.24) is 19.8 Å². The molecule has 0 aromatic carbocycles. The number of piperidine rings is 1. The number of rotatable bonds is 4. The van der Waals surface area contributed by atoms with E-state index < -0.39 is 0 Å². The molecule has 2 N–H and O–H groups in total. The lowest BCUT2D eigenvalue weighted by Gasteiger charge is -2.35. The van der Waals surface area contributed by atoms with Crippen LogP contribution >= 0.6 is 0 Å². The van der Waals surface area contributed by atoms with Crippen LogP contribution in [0.1, 0.15) is 31.7 Å². The van der Waals surface area contributed by atoms with Gasteiger partial charge >= 0.3 is 6.09 Å². The fourth-order valence-corrected chi connectivity index (χ4v) is 4.16. The number of pyridine rings is 2. The smallest absolute Gasteiger partial charge is 0.409 e. The number of anilines is 2. The number of piperazine rings is 1. The van der Waals surface area contributed by atoms with E-state index in [1.165, 1.54) is 24.8 Å². The Bertz CT molecular complexity index is 860. The largest absolute Gasteiger partial charge is 0.450 e. The second-order valence-electron chi connectivity index (χ2n) is 7.76. The van der Waals surface area contributed by atoms with Crippen LogP contribution in [-0.4, -0.2) is 71.7 Å². The van der Waals surface area contributed by atoms with Crippen molar-refractivity contribution in [2.75, 3.05) is 56.5 Å². The number of ether oxygens (including phenoxy) is 1. The first-order valence-corrected chi connectivity index (χ1v) is 10.6. The Morgan fingerprint density at radius 2 is 1.83 bits per heavy atom. The van der Waals surface area contributed by atoms with E-state index in [1.54, 1.807) is 4.90 Å². The molecular weight excluding hydrogens is 368 g/mol. The number of nitrogen functional groups attached to an aromatic ring is 1. The van der Waals surface area contributed by atoms with E-state index in [0.717, 1.165) is 43.9 Å². The van der Waals surface area contributed by atoms with Gasteiger partial charge in [0.1, 0.15) is 11.6 Å². The highest BCUT2D eigenvalue weighted by atomic mass is 16.6. The Labute approximate surface area is 171 Å². The first kappa shape index (κ1) is 19.7. The fourth-order valence-electron chi connectivity index (χ4n) is 4.16. The molecule has 4 heterocycles. The summed E-state index contributed by atoms with van der Waals surface area (Å²) in [7, 11) is 0.